The number of nitrogens with two attached hydrogens (primary N) is 1. The quantitative estimate of drug-likeness (QED) is 0.641. The lowest BCUT2D eigenvalue weighted by Gasteiger charge is -2.28. The number of aryl methyl sites for hydroxylation is 2. The fourth-order valence-electron chi connectivity index (χ4n) is 3.95. The maximum Gasteiger partial charge on any atom is 0.340 e. The highest BCUT2D eigenvalue weighted by Gasteiger charge is 2.38. The molecule has 0 fully saturated rings. The van der Waals surface area contributed by atoms with Crippen LogP contribution in [0, 0.1) is 6.92 Å². The molecule has 0 bridgehead atoms. The van der Waals surface area contributed by atoms with Crippen molar-refractivity contribution in [2.24, 2.45) is 5.73 Å². The second kappa shape index (κ2) is 8.47. The third-order valence-corrected chi connectivity index (χ3v) is 5.48. The maximum absolute atomic E-state index is 13.7. The van der Waals surface area contributed by atoms with Crippen LogP contribution in [0.3, 0.4) is 0 Å². The minimum absolute atomic E-state index is 0.0676. The summed E-state index contributed by atoms with van der Waals surface area (Å²) < 4.78 is 12.4. The molecule has 1 aromatic carbocycles. The zero-order valence-corrected chi connectivity index (χ0v) is 17.4. The summed E-state index contributed by atoms with van der Waals surface area (Å²) in [6.07, 6.45) is 3.92. The van der Waals surface area contributed by atoms with Gasteiger partial charge in [0.1, 0.15) is 11.3 Å². The summed E-state index contributed by atoms with van der Waals surface area (Å²) in [4.78, 5) is 30.3. The monoisotopic (exact) mass is 417 g/mol. The lowest BCUT2D eigenvalue weighted by atomic mass is 9.84. The fourth-order valence-corrected chi connectivity index (χ4v) is 3.95. The zero-order valence-electron chi connectivity index (χ0n) is 17.4. The Hall–Kier alpha value is -3.87. The van der Waals surface area contributed by atoms with Gasteiger partial charge in [-0.2, -0.15) is 0 Å². The van der Waals surface area contributed by atoms with E-state index in [1.54, 1.807) is 35.2 Å². The number of pyridine rings is 2. The van der Waals surface area contributed by atoms with Gasteiger partial charge < -0.3 is 19.8 Å². The summed E-state index contributed by atoms with van der Waals surface area (Å²) in [6, 6.07) is 15.3. The van der Waals surface area contributed by atoms with Crippen molar-refractivity contribution in [2.75, 3.05) is 7.11 Å². The Balaban J connectivity index is 1.85. The van der Waals surface area contributed by atoms with Crippen molar-refractivity contribution in [3.63, 3.8) is 0 Å². The average molecular weight is 417 g/mol. The van der Waals surface area contributed by atoms with Crippen LogP contribution in [0.25, 0.3) is 0 Å². The number of hydrogen-bond donors (Lipinski definition) is 1. The molecule has 4 rings (SSSR count). The number of nitrogens with zero attached hydrogens (tertiary/aromatic N) is 2. The highest BCUT2D eigenvalue weighted by Crippen LogP contribution is 2.41. The molecule has 158 valence electrons. The van der Waals surface area contributed by atoms with Gasteiger partial charge >= 0.3 is 5.97 Å². The summed E-state index contributed by atoms with van der Waals surface area (Å²) in [6.45, 7) is 2.35. The van der Waals surface area contributed by atoms with Gasteiger partial charge in [0.2, 0.25) is 5.88 Å². The number of carbonyl (C=O) groups excluding carboxylic acids is 1. The van der Waals surface area contributed by atoms with E-state index in [2.05, 4.69) is 4.98 Å². The molecule has 1 aliphatic heterocycles. The standard InChI is InChI=1S/C24H23N3O4/c1-15-14-18-20(23(28)27(15)13-10-16-6-4-3-5-7-16)19(17-8-11-26-12-9-17)21(22(25)31-18)24(29)30-2/h3-9,11-12,14,19H,10,13,25H2,1-2H3/t19-/m0/s1. The summed E-state index contributed by atoms with van der Waals surface area (Å²) in [5.41, 5.74) is 8.94. The first kappa shape index (κ1) is 20.4. The van der Waals surface area contributed by atoms with E-state index in [1.165, 1.54) is 7.11 Å². The molecular formula is C24H23N3O4. The number of carbonyl (C=O) groups is 1. The highest BCUT2D eigenvalue weighted by atomic mass is 16.5. The molecule has 0 saturated heterocycles. The Bertz CT molecular complexity index is 1200. The molecule has 0 amide bonds. The largest absolute Gasteiger partial charge is 0.465 e. The smallest absolute Gasteiger partial charge is 0.340 e. The average Bonchev–Trinajstić information content (AvgIpc) is 2.78. The minimum Gasteiger partial charge on any atom is -0.465 e. The predicted octanol–water partition coefficient (Wildman–Crippen LogP) is 2.66. The second-order valence-corrected chi connectivity index (χ2v) is 7.34. The number of benzene rings is 1. The Morgan fingerprint density at radius 3 is 2.58 bits per heavy atom. The first-order chi connectivity index (χ1) is 15.0. The Morgan fingerprint density at radius 1 is 1.19 bits per heavy atom. The molecule has 0 saturated carbocycles. The summed E-state index contributed by atoms with van der Waals surface area (Å²) in [5.74, 6) is -1.07. The van der Waals surface area contributed by atoms with Crippen LogP contribution in [0.5, 0.6) is 5.75 Å². The van der Waals surface area contributed by atoms with Gasteiger partial charge in [0, 0.05) is 30.7 Å². The normalized spacial score (nSPS) is 15.2. The van der Waals surface area contributed by atoms with Crippen LogP contribution in [0.15, 0.2) is 77.2 Å². The van der Waals surface area contributed by atoms with E-state index in [1.807, 2.05) is 37.3 Å². The van der Waals surface area contributed by atoms with Crippen LogP contribution in [0.2, 0.25) is 0 Å². The van der Waals surface area contributed by atoms with Gasteiger partial charge in [0.15, 0.2) is 0 Å². The predicted molar refractivity (Wildman–Crippen MR) is 116 cm³/mol. The van der Waals surface area contributed by atoms with E-state index in [-0.39, 0.29) is 17.0 Å². The number of fused-ring (bicyclic) bond motifs is 1. The van der Waals surface area contributed by atoms with Crippen LogP contribution in [0.1, 0.15) is 28.3 Å². The maximum atomic E-state index is 13.7. The van der Waals surface area contributed by atoms with Gasteiger partial charge in [0.25, 0.3) is 5.56 Å². The van der Waals surface area contributed by atoms with E-state index in [9.17, 15) is 9.59 Å². The van der Waals surface area contributed by atoms with E-state index in [0.29, 0.717) is 29.8 Å². The molecule has 0 radical (unpaired) electrons. The number of esters is 1. The van der Waals surface area contributed by atoms with E-state index < -0.39 is 11.9 Å². The van der Waals surface area contributed by atoms with Gasteiger partial charge in [-0.3, -0.25) is 9.78 Å². The van der Waals surface area contributed by atoms with Crippen molar-refractivity contribution in [2.45, 2.75) is 25.8 Å². The van der Waals surface area contributed by atoms with Crippen molar-refractivity contribution in [1.29, 1.82) is 0 Å². The Morgan fingerprint density at radius 2 is 1.90 bits per heavy atom. The molecule has 1 aliphatic rings. The van der Waals surface area contributed by atoms with E-state index in [0.717, 1.165) is 11.3 Å². The zero-order chi connectivity index (χ0) is 22.0. The third-order valence-electron chi connectivity index (χ3n) is 5.48. The van der Waals surface area contributed by atoms with Gasteiger partial charge in [-0.25, -0.2) is 4.79 Å². The number of hydrogen-bond acceptors (Lipinski definition) is 6. The van der Waals surface area contributed by atoms with Crippen molar-refractivity contribution in [3.8, 4) is 5.75 Å². The van der Waals surface area contributed by atoms with Gasteiger partial charge in [0.05, 0.1) is 18.6 Å². The second-order valence-electron chi connectivity index (χ2n) is 7.34. The van der Waals surface area contributed by atoms with Crippen molar-refractivity contribution in [3.05, 3.63) is 105 Å². The lowest BCUT2D eigenvalue weighted by molar-refractivity contribution is -0.136. The molecule has 7 nitrogen and oxygen atoms in total. The molecule has 2 N–H and O–H groups in total. The molecule has 1 atom stereocenters. The number of aromatic nitrogens is 2. The Kier molecular flexibility index (Phi) is 5.58. The molecule has 0 aliphatic carbocycles. The molecule has 0 unspecified atom stereocenters. The lowest BCUT2D eigenvalue weighted by Crippen LogP contribution is -2.35. The summed E-state index contributed by atoms with van der Waals surface area (Å²) in [7, 11) is 1.27. The number of methoxy groups -OCH3 is 1. The van der Waals surface area contributed by atoms with Crippen molar-refractivity contribution in [1.82, 2.24) is 9.55 Å². The van der Waals surface area contributed by atoms with Crippen LogP contribution in [0.4, 0.5) is 0 Å². The topological polar surface area (TPSA) is 96.4 Å². The molecule has 2 aromatic heterocycles. The molecule has 3 heterocycles. The van der Waals surface area contributed by atoms with Crippen molar-refractivity contribution < 1.29 is 14.3 Å². The van der Waals surface area contributed by atoms with E-state index >= 15 is 0 Å². The van der Waals surface area contributed by atoms with E-state index in [4.69, 9.17) is 15.2 Å². The SMILES string of the molecule is COC(=O)C1=C(N)Oc2cc(C)n(CCc3ccccc3)c(=O)c2[C@@H]1c1ccncc1. The number of rotatable bonds is 5. The van der Waals surface area contributed by atoms with Gasteiger partial charge in [-0.05, 0) is 36.6 Å². The van der Waals surface area contributed by atoms with Crippen LogP contribution >= 0.6 is 0 Å². The van der Waals surface area contributed by atoms with Crippen LogP contribution < -0.4 is 16.0 Å². The number of ether oxygens (including phenoxy) is 2. The summed E-state index contributed by atoms with van der Waals surface area (Å²) >= 11 is 0. The first-order valence-electron chi connectivity index (χ1n) is 9.95. The first-order valence-corrected chi connectivity index (χ1v) is 9.95. The summed E-state index contributed by atoms with van der Waals surface area (Å²) in [5, 5.41) is 0. The van der Waals surface area contributed by atoms with Crippen LogP contribution in [-0.4, -0.2) is 22.6 Å². The minimum atomic E-state index is -0.713. The molecule has 31 heavy (non-hydrogen) atoms. The molecular weight excluding hydrogens is 394 g/mol. The molecule has 0 spiro atoms. The third kappa shape index (κ3) is 3.82. The van der Waals surface area contributed by atoms with Crippen molar-refractivity contribution >= 4 is 5.97 Å². The molecule has 7 heteroatoms. The Labute approximate surface area is 179 Å². The van der Waals surface area contributed by atoms with Crippen LogP contribution in [-0.2, 0) is 22.5 Å². The van der Waals surface area contributed by atoms with Gasteiger partial charge in [-0.15, -0.1) is 0 Å². The molecule has 3 aromatic rings. The van der Waals surface area contributed by atoms with Gasteiger partial charge in [-0.1, -0.05) is 30.3 Å². The fraction of sp³-hybridized carbons (Fsp3) is 0.208. The highest BCUT2D eigenvalue weighted by molar-refractivity contribution is 5.92.